The zero-order valence-corrected chi connectivity index (χ0v) is 15.0. The van der Waals surface area contributed by atoms with Crippen molar-refractivity contribution < 1.29 is 18.3 Å². The van der Waals surface area contributed by atoms with Crippen LogP contribution in [0.4, 0.5) is 19.0 Å². The van der Waals surface area contributed by atoms with Crippen LogP contribution < -0.4 is 5.32 Å². The minimum atomic E-state index is -4.38. The number of phenolic OH excluding ortho intramolecular Hbond substituents is 1. The van der Waals surface area contributed by atoms with Crippen molar-refractivity contribution in [2.75, 3.05) is 5.32 Å². The Morgan fingerprint density at radius 3 is 2.48 bits per heavy atom. The third-order valence-electron chi connectivity index (χ3n) is 4.30. The SMILES string of the molecule is Oc1ccc(-c2cnc3ccc(NCc4cccc(C(F)(F)F)c4)nc3n2)cc1. The monoisotopic (exact) mass is 396 g/mol. The van der Waals surface area contributed by atoms with E-state index in [0.29, 0.717) is 28.2 Å². The topological polar surface area (TPSA) is 70.9 Å². The van der Waals surface area contributed by atoms with Gasteiger partial charge in [0.2, 0.25) is 0 Å². The number of fused-ring (bicyclic) bond motifs is 1. The highest BCUT2D eigenvalue weighted by molar-refractivity contribution is 5.75. The quantitative estimate of drug-likeness (QED) is 0.506. The van der Waals surface area contributed by atoms with Crippen LogP contribution in [0.25, 0.3) is 22.4 Å². The first-order valence-electron chi connectivity index (χ1n) is 8.72. The van der Waals surface area contributed by atoms with Gasteiger partial charge in [0, 0.05) is 12.1 Å². The van der Waals surface area contributed by atoms with Gasteiger partial charge in [0.05, 0.1) is 17.5 Å². The maximum atomic E-state index is 12.8. The van der Waals surface area contributed by atoms with Gasteiger partial charge in [-0.2, -0.15) is 13.2 Å². The fourth-order valence-corrected chi connectivity index (χ4v) is 2.82. The van der Waals surface area contributed by atoms with E-state index in [1.54, 1.807) is 48.7 Å². The lowest BCUT2D eigenvalue weighted by Gasteiger charge is -2.10. The number of nitrogens with one attached hydrogen (secondary N) is 1. The molecule has 0 amide bonds. The summed E-state index contributed by atoms with van der Waals surface area (Å²) in [4.78, 5) is 13.2. The van der Waals surface area contributed by atoms with E-state index in [1.807, 2.05) is 0 Å². The summed E-state index contributed by atoms with van der Waals surface area (Å²) in [5, 5.41) is 12.4. The van der Waals surface area contributed by atoms with Gasteiger partial charge in [-0.1, -0.05) is 12.1 Å². The van der Waals surface area contributed by atoms with E-state index in [2.05, 4.69) is 20.3 Å². The number of pyridine rings is 1. The number of phenols is 1. The van der Waals surface area contributed by atoms with E-state index in [4.69, 9.17) is 0 Å². The molecule has 0 radical (unpaired) electrons. The van der Waals surface area contributed by atoms with Crippen LogP contribution in [0.3, 0.4) is 0 Å². The lowest BCUT2D eigenvalue weighted by Crippen LogP contribution is -2.07. The Kier molecular flexibility index (Phi) is 4.75. The third kappa shape index (κ3) is 4.26. The van der Waals surface area contributed by atoms with Gasteiger partial charge in [-0.3, -0.25) is 4.98 Å². The van der Waals surface area contributed by atoms with Gasteiger partial charge >= 0.3 is 6.18 Å². The van der Waals surface area contributed by atoms with Gasteiger partial charge in [0.1, 0.15) is 17.1 Å². The molecule has 4 aromatic rings. The van der Waals surface area contributed by atoms with Crippen LogP contribution in [-0.4, -0.2) is 20.1 Å². The van der Waals surface area contributed by atoms with Crippen molar-refractivity contribution >= 4 is 17.0 Å². The molecule has 0 aliphatic heterocycles. The lowest BCUT2D eigenvalue weighted by molar-refractivity contribution is -0.137. The van der Waals surface area contributed by atoms with Crippen molar-refractivity contribution in [2.45, 2.75) is 12.7 Å². The number of hydrogen-bond acceptors (Lipinski definition) is 5. The number of rotatable bonds is 4. The van der Waals surface area contributed by atoms with Crippen molar-refractivity contribution in [3.8, 4) is 17.0 Å². The first-order valence-corrected chi connectivity index (χ1v) is 8.72. The molecule has 0 bridgehead atoms. The van der Waals surface area contributed by atoms with Crippen molar-refractivity contribution in [3.63, 3.8) is 0 Å². The molecular formula is C21H15F3N4O. The number of halogens is 3. The van der Waals surface area contributed by atoms with Gasteiger partial charge < -0.3 is 10.4 Å². The predicted molar refractivity (Wildman–Crippen MR) is 103 cm³/mol. The first kappa shape index (κ1) is 18.7. The molecule has 2 aromatic heterocycles. The molecule has 0 spiro atoms. The highest BCUT2D eigenvalue weighted by atomic mass is 19.4. The fraction of sp³-hybridized carbons (Fsp3) is 0.0952. The van der Waals surface area contributed by atoms with Gasteiger partial charge in [-0.25, -0.2) is 9.97 Å². The van der Waals surface area contributed by atoms with Crippen LogP contribution in [0.1, 0.15) is 11.1 Å². The molecule has 4 rings (SSSR count). The number of aromatic hydroxyl groups is 1. The molecule has 0 atom stereocenters. The molecule has 29 heavy (non-hydrogen) atoms. The zero-order chi connectivity index (χ0) is 20.4. The van der Waals surface area contributed by atoms with Crippen LogP contribution in [0.5, 0.6) is 5.75 Å². The fourth-order valence-electron chi connectivity index (χ4n) is 2.82. The van der Waals surface area contributed by atoms with E-state index in [-0.39, 0.29) is 12.3 Å². The summed E-state index contributed by atoms with van der Waals surface area (Å²) in [6.07, 6.45) is -2.76. The number of hydrogen-bond donors (Lipinski definition) is 2. The molecule has 0 saturated carbocycles. The summed E-state index contributed by atoms with van der Waals surface area (Å²) in [5.41, 5.74) is 2.18. The summed E-state index contributed by atoms with van der Waals surface area (Å²) in [6.45, 7) is 0.188. The molecule has 0 saturated heterocycles. The van der Waals surface area contributed by atoms with Crippen LogP contribution in [-0.2, 0) is 12.7 Å². The number of aromatic nitrogens is 3. The van der Waals surface area contributed by atoms with E-state index < -0.39 is 11.7 Å². The second kappa shape index (κ2) is 7.38. The number of benzene rings is 2. The molecule has 2 aromatic carbocycles. The molecule has 0 fully saturated rings. The smallest absolute Gasteiger partial charge is 0.416 e. The van der Waals surface area contributed by atoms with Crippen LogP contribution in [0.2, 0.25) is 0 Å². The van der Waals surface area contributed by atoms with Gasteiger partial charge in [-0.05, 0) is 54.1 Å². The Balaban J connectivity index is 1.56. The third-order valence-corrected chi connectivity index (χ3v) is 4.30. The standard InChI is InChI=1S/C21H15F3N4O/c22-21(23,24)15-3-1-2-13(10-15)11-26-19-9-8-17-20(28-19)27-18(12-25-17)14-4-6-16(29)7-5-14/h1-10,12,29H,11H2,(H,26,27,28). The minimum absolute atomic E-state index is 0.154. The van der Waals surface area contributed by atoms with Crippen LogP contribution in [0, 0.1) is 0 Å². The summed E-state index contributed by atoms with van der Waals surface area (Å²) in [7, 11) is 0. The Labute approximate surface area is 163 Å². The molecule has 146 valence electrons. The highest BCUT2D eigenvalue weighted by Gasteiger charge is 2.30. The maximum absolute atomic E-state index is 12.8. The number of alkyl halides is 3. The predicted octanol–water partition coefficient (Wildman–Crippen LogP) is 5.03. The van der Waals surface area contributed by atoms with Crippen LogP contribution in [0.15, 0.2) is 66.9 Å². The van der Waals surface area contributed by atoms with Gasteiger partial charge in [0.25, 0.3) is 0 Å². The molecule has 0 unspecified atom stereocenters. The second-order valence-electron chi connectivity index (χ2n) is 6.39. The average Bonchev–Trinajstić information content (AvgIpc) is 2.72. The Hall–Kier alpha value is -3.68. The molecule has 2 heterocycles. The van der Waals surface area contributed by atoms with Gasteiger partial charge in [-0.15, -0.1) is 0 Å². The van der Waals surface area contributed by atoms with Crippen LogP contribution >= 0.6 is 0 Å². The average molecular weight is 396 g/mol. The lowest BCUT2D eigenvalue weighted by atomic mass is 10.1. The normalized spacial score (nSPS) is 11.6. The van der Waals surface area contributed by atoms with E-state index in [0.717, 1.165) is 17.7 Å². The van der Waals surface area contributed by atoms with E-state index in [9.17, 15) is 18.3 Å². The summed E-state index contributed by atoms with van der Waals surface area (Å²) in [6, 6.07) is 15.1. The van der Waals surface area contributed by atoms with Crippen molar-refractivity contribution in [2.24, 2.45) is 0 Å². The minimum Gasteiger partial charge on any atom is -0.508 e. The van der Waals surface area contributed by atoms with Gasteiger partial charge in [0.15, 0.2) is 5.65 Å². The number of anilines is 1. The molecule has 8 heteroatoms. The second-order valence-corrected chi connectivity index (χ2v) is 6.39. The Morgan fingerprint density at radius 2 is 1.72 bits per heavy atom. The summed E-state index contributed by atoms with van der Waals surface area (Å²) in [5.74, 6) is 0.633. The largest absolute Gasteiger partial charge is 0.508 e. The van der Waals surface area contributed by atoms with E-state index in [1.165, 1.54) is 6.07 Å². The summed E-state index contributed by atoms with van der Waals surface area (Å²) >= 11 is 0. The highest BCUT2D eigenvalue weighted by Crippen LogP contribution is 2.29. The van der Waals surface area contributed by atoms with E-state index >= 15 is 0 Å². The zero-order valence-electron chi connectivity index (χ0n) is 15.0. The molecular weight excluding hydrogens is 381 g/mol. The van der Waals surface area contributed by atoms with Crippen molar-refractivity contribution in [3.05, 3.63) is 78.0 Å². The Morgan fingerprint density at radius 1 is 0.931 bits per heavy atom. The Bertz CT molecular complexity index is 1160. The van der Waals surface area contributed by atoms with Crippen molar-refractivity contribution in [1.29, 1.82) is 0 Å². The summed E-state index contributed by atoms with van der Waals surface area (Å²) < 4.78 is 38.5. The number of nitrogens with zero attached hydrogens (tertiary/aromatic N) is 3. The molecule has 0 aliphatic rings. The molecule has 2 N–H and O–H groups in total. The molecule has 0 aliphatic carbocycles. The first-order chi connectivity index (χ1) is 13.9. The maximum Gasteiger partial charge on any atom is 0.416 e. The van der Waals surface area contributed by atoms with Crippen molar-refractivity contribution in [1.82, 2.24) is 15.0 Å². The molecule has 5 nitrogen and oxygen atoms in total.